The van der Waals surface area contributed by atoms with Crippen LogP contribution in [0.1, 0.15) is 27.7 Å². The predicted molar refractivity (Wildman–Crippen MR) is 53.4 cm³/mol. The molecule has 0 unspecified atom stereocenters. The summed E-state index contributed by atoms with van der Waals surface area (Å²) in [5.74, 6) is 0. The van der Waals surface area contributed by atoms with E-state index in [2.05, 4.69) is 12.6 Å². The zero-order valence-electron chi connectivity index (χ0n) is 7.70. The van der Waals surface area contributed by atoms with Crippen LogP contribution in [0.2, 0.25) is 0 Å². The molecule has 0 saturated carbocycles. The number of rotatable bonds is 5. The molecule has 4 heteroatoms. The second-order valence-electron chi connectivity index (χ2n) is 2.98. The van der Waals surface area contributed by atoms with E-state index >= 15 is 0 Å². The van der Waals surface area contributed by atoms with Crippen molar-refractivity contribution in [3.8, 4) is 0 Å². The highest BCUT2D eigenvalue weighted by molar-refractivity contribution is 7.81. The van der Waals surface area contributed by atoms with Crippen LogP contribution in [-0.4, -0.2) is 26.9 Å². The summed E-state index contributed by atoms with van der Waals surface area (Å²) in [6.45, 7) is 8.08. The van der Waals surface area contributed by atoms with Gasteiger partial charge in [0.2, 0.25) is 0 Å². The number of hydrogen-bond donors (Lipinski definition) is 1. The smallest absolute Gasteiger partial charge is 0.331 e. The van der Waals surface area contributed by atoms with Crippen molar-refractivity contribution in [1.29, 1.82) is 0 Å². The van der Waals surface area contributed by atoms with Crippen LogP contribution in [0.25, 0.3) is 0 Å². The highest BCUT2D eigenvalue weighted by Gasteiger charge is 2.14. The molecule has 0 aromatic rings. The Balaban J connectivity index is 3.58. The Kier molecular flexibility index (Phi) is 6.32. The van der Waals surface area contributed by atoms with E-state index in [0.717, 1.165) is 5.38 Å². The van der Waals surface area contributed by atoms with Gasteiger partial charge in [0.25, 0.3) is 0 Å². The van der Waals surface area contributed by atoms with Crippen molar-refractivity contribution in [2.24, 2.45) is 0 Å². The molecule has 0 amide bonds. The van der Waals surface area contributed by atoms with Gasteiger partial charge in [0, 0.05) is 17.6 Å². The topological polar surface area (TPSA) is 18.5 Å². The second-order valence-corrected chi connectivity index (χ2v) is 5.85. The molecule has 0 radical (unpaired) electrons. The zero-order valence-corrected chi connectivity index (χ0v) is 9.75. The molecule has 0 heterocycles. The molecule has 11 heavy (non-hydrogen) atoms. The molecule has 0 atom stereocenters. The SMILES string of the molecule is CC(C)O[SiH](CS)OC(C)C. The van der Waals surface area contributed by atoms with Crippen LogP contribution in [0.15, 0.2) is 0 Å². The van der Waals surface area contributed by atoms with Gasteiger partial charge < -0.3 is 8.85 Å². The Morgan fingerprint density at radius 2 is 1.45 bits per heavy atom. The lowest BCUT2D eigenvalue weighted by atomic mass is 10.5. The molecular formula is C7H18O2SSi. The minimum Gasteiger partial charge on any atom is -0.394 e. The molecule has 68 valence electrons. The largest absolute Gasteiger partial charge is 0.394 e. The standard InChI is InChI=1S/C7H18O2SSi/c1-6(2)8-11(5-10)9-7(3)4/h6-7,10-11H,5H2,1-4H3. The van der Waals surface area contributed by atoms with Crippen LogP contribution in [0.3, 0.4) is 0 Å². The third kappa shape index (κ3) is 6.87. The molecule has 0 aromatic carbocycles. The first-order chi connectivity index (χ1) is 5.06. The van der Waals surface area contributed by atoms with Gasteiger partial charge in [0.15, 0.2) is 0 Å². The maximum Gasteiger partial charge on any atom is 0.331 e. The average Bonchev–Trinajstić information content (AvgIpc) is 1.84. The average molecular weight is 194 g/mol. The van der Waals surface area contributed by atoms with E-state index in [1.54, 1.807) is 0 Å². The Hall–Kier alpha value is 0.487. The minimum atomic E-state index is -1.46. The van der Waals surface area contributed by atoms with Crippen LogP contribution >= 0.6 is 12.6 Å². The van der Waals surface area contributed by atoms with Crippen molar-refractivity contribution >= 4 is 21.9 Å². The molecular weight excluding hydrogens is 176 g/mol. The summed E-state index contributed by atoms with van der Waals surface area (Å²) in [6, 6.07) is 0. The highest BCUT2D eigenvalue weighted by atomic mass is 32.1. The normalized spacial score (nSPS) is 12.0. The van der Waals surface area contributed by atoms with Gasteiger partial charge in [-0.05, 0) is 27.7 Å². The summed E-state index contributed by atoms with van der Waals surface area (Å²) in [5, 5.41) is 0.746. The molecule has 0 fully saturated rings. The van der Waals surface area contributed by atoms with E-state index in [9.17, 15) is 0 Å². The summed E-state index contributed by atoms with van der Waals surface area (Å²) in [6.07, 6.45) is 0.523. The van der Waals surface area contributed by atoms with Crippen LogP contribution in [-0.2, 0) is 8.85 Å². The molecule has 0 spiro atoms. The monoisotopic (exact) mass is 194 g/mol. The molecule has 0 aliphatic rings. The fourth-order valence-corrected chi connectivity index (χ4v) is 2.69. The molecule has 0 aliphatic carbocycles. The van der Waals surface area contributed by atoms with E-state index in [1.165, 1.54) is 0 Å². The lowest BCUT2D eigenvalue weighted by Gasteiger charge is -2.19. The maximum atomic E-state index is 5.55. The number of hydrogen-bond acceptors (Lipinski definition) is 3. The summed E-state index contributed by atoms with van der Waals surface area (Å²) in [5.41, 5.74) is 0. The molecule has 2 nitrogen and oxygen atoms in total. The van der Waals surface area contributed by atoms with E-state index in [1.807, 2.05) is 27.7 Å². The van der Waals surface area contributed by atoms with E-state index in [-0.39, 0.29) is 12.2 Å². The first-order valence-electron chi connectivity index (χ1n) is 3.98. The first-order valence-corrected chi connectivity index (χ1v) is 6.37. The van der Waals surface area contributed by atoms with Crippen molar-refractivity contribution in [3.63, 3.8) is 0 Å². The molecule has 0 saturated heterocycles. The second kappa shape index (κ2) is 6.05. The maximum absolute atomic E-state index is 5.55. The Morgan fingerprint density at radius 1 is 1.09 bits per heavy atom. The van der Waals surface area contributed by atoms with Gasteiger partial charge >= 0.3 is 9.28 Å². The molecule has 0 rings (SSSR count). The fourth-order valence-electron chi connectivity index (χ4n) is 0.725. The van der Waals surface area contributed by atoms with Gasteiger partial charge in [-0.1, -0.05) is 0 Å². The number of thiol groups is 1. The van der Waals surface area contributed by atoms with Crippen LogP contribution in [0, 0.1) is 0 Å². The van der Waals surface area contributed by atoms with Gasteiger partial charge in [0.1, 0.15) is 0 Å². The summed E-state index contributed by atoms with van der Waals surface area (Å²) < 4.78 is 11.1. The Bertz CT molecular complexity index is 88.4. The Morgan fingerprint density at radius 3 is 1.64 bits per heavy atom. The van der Waals surface area contributed by atoms with Crippen LogP contribution in [0.4, 0.5) is 0 Å². The third-order valence-corrected chi connectivity index (χ3v) is 3.89. The van der Waals surface area contributed by atoms with Crippen molar-refractivity contribution in [3.05, 3.63) is 0 Å². The predicted octanol–water partition coefficient (Wildman–Crippen LogP) is 1.53. The lowest BCUT2D eigenvalue weighted by molar-refractivity contribution is 0.134. The first kappa shape index (κ1) is 11.5. The van der Waals surface area contributed by atoms with Crippen molar-refractivity contribution < 1.29 is 8.85 Å². The van der Waals surface area contributed by atoms with Crippen molar-refractivity contribution in [2.45, 2.75) is 39.9 Å². The van der Waals surface area contributed by atoms with Gasteiger partial charge in [0.05, 0.1) is 0 Å². The van der Waals surface area contributed by atoms with Gasteiger partial charge in [-0.3, -0.25) is 0 Å². The van der Waals surface area contributed by atoms with Crippen molar-refractivity contribution in [2.75, 3.05) is 5.38 Å². The molecule has 0 bridgehead atoms. The summed E-state index contributed by atoms with van der Waals surface area (Å²) in [4.78, 5) is 0. The van der Waals surface area contributed by atoms with E-state index in [0.29, 0.717) is 0 Å². The van der Waals surface area contributed by atoms with Crippen LogP contribution in [0.5, 0.6) is 0 Å². The van der Waals surface area contributed by atoms with Gasteiger partial charge in [-0.15, -0.1) is 0 Å². The zero-order chi connectivity index (χ0) is 8.85. The summed E-state index contributed by atoms with van der Waals surface area (Å²) >= 11 is 4.18. The quantitative estimate of drug-likeness (QED) is 0.528. The van der Waals surface area contributed by atoms with E-state index in [4.69, 9.17) is 8.85 Å². The molecule has 0 aromatic heterocycles. The van der Waals surface area contributed by atoms with Crippen molar-refractivity contribution in [1.82, 2.24) is 0 Å². The fraction of sp³-hybridized carbons (Fsp3) is 1.00. The minimum absolute atomic E-state index is 0.262. The lowest BCUT2D eigenvalue weighted by Crippen LogP contribution is -2.31. The molecule has 0 aliphatic heterocycles. The van der Waals surface area contributed by atoms with E-state index < -0.39 is 9.28 Å². The Labute approximate surface area is 76.5 Å². The summed E-state index contributed by atoms with van der Waals surface area (Å²) in [7, 11) is -1.46. The molecule has 0 N–H and O–H groups in total. The van der Waals surface area contributed by atoms with Gasteiger partial charge in [-0.2, -0.15) is 12.6 Å². The highest BCUT2D eigenvalue weighted by Crippen LogP contribution is 2.01. The van der Waals surface area contributed by atoms with Crippen LogP contribution < -0.4 is 0 Å². The third-order valence-electron chi connectivity index (χ3n) is 0.997. The van der Waals surface area contributed by atoms with Gasteiger partial charge in [-0.25, -0.2) is 0 Å².